The third-order valence-electron chi connectivity index (χ3n) is 0.767. The first kappa shape index (κ1) is 8.96. The van der Waals surface area contributed by atoms with E-state index < -0.39 is 0 Å². The Kier molecular flexibility index (Phi) is 3.60. The molecule has 0 aromatic rings. The Bertz CT molecular complexity index is 61.4. The van der Waals surface area contributed by atoms with Crippen molar-refractivity contribution in [1.82, 2.24) is 0 Å². The van der Waals surface area contributed by atoms with Crippen LogP contribution in [0.4, 0.5) is 0 Å². The third kappa shape index (κ3) is 6.96. The van der Waals surface area contributed by atoms with Crippen LogP contribution in [0.1, 0.15) is 27.2 Å². The van der Waals surface area contributed by atoms with E-state index in [2.05, 4.69) is 52.6 Å². The summed E-state index contributed by atoms with van der Waals surface area (Å²) in [5.41, 5.74) is 0.428. The lowest BCUT2D eigenvalue weighted by atomic mass is 9.94. The lowest BCUT2D eigenvalue weighted by molar-refractivity contribution is 0.397. The lowest BCUT2D eigenvalue weighted by Crippen LogP contribution is -2.08. The van der Waals surface area contributed by atoms with Gasteiger partial charge in [-0.3, -0.25) is 0 Å². The molecule has 0 spiro atoms. The molecule has 0 bridgehead atoms. The van der Waals surface area contributed by atoms with Crippen molar-refractivity contribution >= 4 is 31.9 Å². The Hall–Kier alpha value is 0.960. The predicted octanol–water partition coefficient (Wildman–Crippen LogP) is 3.54. The van der Waals surface area contributed by atoms with Crippen LogP contribution >= 0.6 is 31.9 Å². The molecule has 2 heteroatoms. The molecule has 0 aliphatic carbocycles. The van der Waals surface area contributed by atoms with Gasteiger partial charge in [0.1, 0.15) is 0 Å². The van der Waals surface area contributed by atoms with Crippen molar-refractivity contribution in [2.75, 3.05) is 0 Å². The maximum Gasteiger partial charge on any atom is 0.0702 e. The van der Waals surface area contributed by atoms with Crippen molar-refractivity contribution in [3.05, 3.63) is 0 Å². The topological polar surface area (TPSA) is 0 Å². The third-order valence-corrected chi connectivity index (χ3v) is 1.41. The van der Waals surface area contributed by atoms with E-state index in [9.17, 15) is 0 Å². The Morgan fingerprint density at radius 3 is 1.62 bits per heavy atom. The minimum Gasteiger partial charge on any atom is -0.0765 e. The van der Waals surface area contributed by atoms with E-state index in [0.29, 0.717) is 9.15 Å². The molecule has 0 fully saturated rings. The summed E-state index contributed by atoms with van der Waals surface area (Å²) in [7, 11) is 0. The van der Waals surface area contributed by atoms with Crippen LogP contribution in [0.3, 0.4) is 0 Å². The average molecular weight is 244 g/mol. The molecule has 0 amide bonds. The van der Waals surface area contributed by atoms with E-state index in [1.54, 1.807) is 0 Å². The summed E-state index contributed by atoms with van der Waals surface area (Å²) in [5.74, 6) is 0. The van der Waals surface area contributed by atoms with E-state index >= 15 is 0 Å². The first-order valence-electron chi connectivity index (χ1n) is 2.70. The summed E-state index contributed by atoms with van der Waals surface area (Å²) in [4.78, 5) is 0. The average Bonchev–Trinajstić information content (AvgIpc) is 1.21. The highest BCUT2D eigenvalue weighted by molar-refractivity contribution is 9.24. The van der Waals surface area contributed by atoms with Crippen LogP contribution in [-0.4, -0.2) is 3.74 Å². The van der Waals surface area contributed by atoms with Crippen LogP contribution < -0.4 is 0 Å². The number of halogens is 2. The molecule has 0 radical (unpaired) electrons. The van der Waals surface area contributed by atoms with Crippen molar-refractivity contribution in [1.29, 1.82) is 0 Å². The molecule has 0 atom stereocenters. The Balaban J connectivity index is 3.39. The van der Waals surface area contributed by atoms with E-state index in [1.165, 1.54) is 0 Å². The summed E-state index contributed by atoms with van der Waals surface area (Å²) in [6.07, 6.45) is 1.16. The van der Waals surface area contributed by atoms with E-state index in [0.717, 1.165) is 6.42 Å². The standard InChI is InChI=1S/C6H12Br2/c1-6(2,3)4-5(7)8/h5H,4H2,1-3H3. The molecule has 0 nitrogen and oxygen atoms in total. The molecule has 0 N–H and O–H groups in total. The number of hydrogen-bond acceptors (Lipinski definition) is 0. The second-order valence-corrected chi connectivity index (χ2v) is 6.60. The van der Waals surface area contributed by atoms with Crippen LogP contribution in [0.15, 0.2) is 0 Å². The fourth-order valence-electron chi connectivity index (χ4n) is 0.463. The number of hydrogen-bond donors (Lipinski definition) is 0. The fraction of sp³-hybridized carbons (Fsp3) is 1.00. The van der Waals surface area contributed by atoms with E-state index in [-0.39, 0.29) is 0 Å². The highest BCUT2D eigenvalue weighted by atomic mass is 79.9. The summed E-state index contributed by atoms with van der Waals surface area (Å²) in [6.45, 7) is 6.67. The monoisotopic (exact) mass is 242 g/mol. The van der Waals surface area contributed by atoms with Crippen molar-refractivity contribution in [3.63, 3.8) is 0 Å². The Labute approximate surface area is 68.3 Å². The second-order valence-electron chi connectivity index (χ2n) is 3.16. The first-order chi connectivity index (χ1) is 3.42. The van der Waals surface area contributed by atoms with Crippen LogP contribution in [0.2, 0.25) is 0 Å². The minimum atomic E-state index is 0.428. The Morgan fingerprint density at radius 2 is 1.62 bits per heavy atom. The quantitative estimate of drug-likeness (QED) is 0.619. The zero-order valence-electron chi connectivity index (χ0n) is 5.54. The van der Waals surface area contributed by atoms with Gasteiger partial charge in [0, 0.05) is 0 Å². The van der Waals surface area contributed by atoms with Crippen molar-refractivity contribution in [2.45, 2.75) is 30.9 Å². The molecular formula is C6H12Br2. The maximum absolute atomic E-state index is 3.43. The fourth-order valence-corrected chi connectivity index (χ4v) is 2.41. The van der Waals surface area contributed by atoms with E-state index in [4.69, 9.17) is 0 Å². The van der Waals surface area contributed by atoms with Gasteiger partial charge in [-0.2, -0.15) is 0 Å². The first-order valence-corrected chi connectivity index (χ1v) is 4.53. The van der Waals surface area contributed by atoms with Crippen LogP contribution in [-0.2, 0) is 0 Å². The van der Waals surface area contributed by atoms with Crippen LogP contribution in [0, 0.1) is 5.41 Å². The zero-order valence-corrected chi connectivity index (χ0v) is 8.71. The molecule has 0 aliphatic rings. The molecule has 0 saturated carbocycles. The normalized spacial score (nSPS) is 12.8. The molecule has 0 unspecified atom stereocenters. The van der Waals surface area contributed by atoms with Crippen molar-refractivity contribution < 1.29 is 0 Å². The van der Waals surface area contributed by atoms with Crippen LogP contribution in [0.25, 0.3) is 0 Å². The minimum absolute atomic E-state index is 0.428. The molecule has 0 aromatic carbocycles. The van der Waals surface area contributed by atoms with Crippen LogP contribution in [0.5, 0.6) is 0 Å². The van der Waals surface area contributed by atoms with Gasteiger partial charge in [0.25, 0.3) is 0 Å². The highest BCUT2D eigenvalue weighted by Crippen LogP contribution is 2.27. The molecule has 50 valence electrons. The summed E-state index contributed by atoms with van der Waals surface area (Å²) in [6, 6.07) is 0. The summed E-state index contributed by atoms with van der Waals surface area (Å²) < 4.78 is 0.468. The molecule has 0 aliphatic heterocycles. The van der Waals surface area contributed by atoms with E-state index in [1.807, 2.05) is 0 Å². The van der Waals surface area contributed by atoms with Crippen molar-refractivity contribution in [2.24, 2.45) is 5.41 Å². The van der Waals surface area contributed by atoms with Gasteiger partial charge in [-0.05, 0) is 11.8 Å². The summed E-state index contributed by atoms with van der Waals surface area (Å²) in [5, 5.41) is 0. The Morgan fingerprint density at radius 1 is 1.25 bits per heavy atom. The van der Waals surface area contributed by atoms with Gasteiger partial charge < -0.3 is 0 Å². The van der Waals surface area contributed by atoms with Gasteiger partial charge in [0.05, 0.1) is 3.74 Å². The highest BCUT2D eigenvalue weighted by Gasteiger charge is 2.13. The molecule has 0 rings (SSSR count). The van der Waals surface area contributed by atoms with Crippen molar-refractivity contribution in [3.8, 4) is 0 Å². The number of rotatable bonds is 1. The predicted molar refractivity (Wildman–Crippen MR) is 45.7 cm³/mol. The van der Waals surface area contributed by atoms with Gasteiger partial charge in [-0.25, -0.2) is 0 Å². The molecule has 0 aromatic heterocycles. The SMILES string of the molecule is CC(C)(C)CC(Br)Br. The maximum atomic E-state index is 3.43. The smallest absolute Gasteiger partial charge is 0.0702 e. The second kappa shape index (κ2) is 3.21. The largest absolute Gasteiger partial charge is 0.0765 e. The van der Waals surface area contributed by atoms with Gasteiger partial charge >= 0.3 is 0 Å². The number of alkyl halides is 2. The molecule has 0 saturated heterocycles. The zero-order chi connectivity index (χ0) is 6.78. The summed E-state index contributed by atoms with van der Waals surface area (Å²) >= 11 is 6.85. The molecule has 8 heavy (non-hydrogen) atoms. The van der Waals surface area contributed by atoms with Gasteiger partial charge in [0.15, 0.2) is 0 Å². The molecular weight excluding hydrogens is 232 g/mol. The lowest BCUT2D eigenvalue weighted by Gasteiger charge is -2.18. The molecule has 0 heterocycles. The van der Waals surface area contributed by atoms with Gasteiger partial charge in [0.2, 0.25) is 0 Å². The van der Waals surface area contributed by atoms with Gasteiger partial charge in [-0.1, -0.05) is 52.6 Å². The van der Waals surface area contributed by atoms with Gasteiger partial charge in [-0.15, -0.1) is 0 Å².